The minimum atomic E-state index is -0.688. The van der Waals surface area contributed by atoms with Gasteiger partial charge in [-0.2, -0.15) is 0 Å². The van der Waals surface area contributed by atoms with Crippen molar-refractivity contribution in [2.24, 2.45) is 5.73 Å². The SMILES string of the molecule is Cc1cnc(C(NC(N)=O)c2ccc3c(c2)CN(C2CCC(=O)NC2=O)C3=O)cc1C. The molecule has 0 radical (unpaired) electrons. The molecule has 4 N–H and O–H groups in total. The molecule has 2 aliphatic heterocycles. The number of nitrogens with two attached hydrogens (primary N) is 1. The Labute approximate surface area is 179 Å². The van der Waals surface area contributed by atoms with E-state index in [1.807, 2.05) is 26.0 Å². The Kier molecular flexibility index (Phi) is 5.18. The van der Waals surface area contributed by atoms with Gasteiger partial charge in [0, 0.05) is 24.7 Å². The first-order valence-corrected chi connectivity index (χ1v) is 10.0. The van der Waals surface area contributed by atoms with E-state index in [9.17, 15) is 19.2 Å². The Morgan fingerprint density at radius 1 is 1.23 bits per heavy atom. The molecule has 4 rings (SSSR count). The predicted octanol–water partition coefficient (Wildman–Crippen LogP) is 1.22. The molecule has 2 aromatic rings. The Balaban J connectivity index is 1.65. The fourth-order valence-electron chi connectivity index (χ4n) is 4.05. The van der Waals surface area contributed by atoms with Crippen molar-refractivity contribution in [2.45, 2.75) is 45.3 Å². The quantitative estimate of drug-likeness (QED) is 0.638. The number of nitrogens with zero attached hydrogens (tertiary/aromatic N) is 2. The van der Waals surface area contributed by atoms with Crippen LogP contribution in [0.3, 0.4) is 0 Å². The molecule has 3 heterocycles. The molecule has 160 valence electrons. The van der Waals surface area contributed by atoms with Crippen molar-refractivity contribution in [3.8, 4) is 0 Å². The van der Waals surface area contributed by atoms with Crippen molar-refractivity contribution in [1.82, 2.24) is 20.5 Å². The van der Waals surface area contributed by atoms with Gasteiger partial charge in [-0.1, -0.05) is 12.1 Å². The predicted molar refractivity (Wildman–Crippen MR) is 111 cm³/mol. The largest absolute Gasteiger partial charge is 0.352 e. The lowest BCUT2D eigenvalue weighted by Crippen LogP contribution is -2.52. The minimum absolute atomic E-state index is 0.199. The van der Waals surface area contributed by atoms with E-state index >= 15 is 0 Å². The van der Waals surface area contributed by atoms with Gasteiger partial charge in [0.1, 0.15) is 6.04 Å². The molecule has 31 heavy (non-hydrogen) atoms. The van der Waals surface area contributed by atoms with E-state index in [4.69, 9.17) is 5.73 Å². The number of aromatic nitrogens is 1. The van der Waals surface area contributed by atoms with Gasteiger partial charge in [0.05, 0.1) is 11.7 Å². The number of benzene rings is 1. The number of nitrogens with one attached hydrogen (secondary N) is 2. The van der Waals surface area contributed by atoms with Gasteiger partial charge in [-0.3, -0.25) is 24.7 Å². The zero-order valence-electron chi connectivity index (χ0n) is 17.3. The molecule has 2 aliphatic rings. The molecule has 1 saturated heterocycles. The highest BCUT2D eigenvalue weighted by molar-refractivity contribution is 6.05. The summed E-state index contributed by atoms with van der Waals surface area (Å²) in [5.41, 5.74) is 10.1. The lowest BCUT2D eigenvalue weighted by Gasteiger charge is -2.29. The zero-order valence-corrected chi connectivity index (χ0v) is 17.3. The summed E-state index contributed by atoms with van der Waals surface area (Å²) >= 11 is 0. The van der Waals surface area contributed by atoms with Crippen LogP contribution in [-0.2, 0) is 16.1 Å². The van der Waals surface area contributed by atoms with Gasteiger partial charge in [0.25, 0.3) is 5.91 Å². The first-order chi connectivity index (χ1) is 14.7. The molecule has 0 bridgehead atoms. The molecule has 0 aliphatic carbocycles. The third-order valence-electron chi connectivity index (χ3n) is 5.86. The topological polar surface area (TPSA) is 134 Å². The van der Waals surface area contributed by atoms with E-state index in [1.54, 1.807) is 18.3 Å². The van der Waals surface area contributed by atoms with Crippen LogP contribution in [0.25, 0.3) is 0 Å². The third kappa shape index (κ3) is 3.86. The molecule has 2 atom stereocenters. The molecular weight excluding hydrogens is 398 g/mol. The van der Waals surface area contributed by atoms with Crippen molar-refractivity contribution in [2.75, 3.05) is 0 Å². The molecule has 2 unspecified atom stereocenters. The molecular formula is C22H23N5O4. The number of piperidine rings is 1. The second kappa shape index (κ2) is 7.82. The van der Waals surface area contributed by atoms with Crippen LogP contribution in [0.5, 0.6) is 0 Å². The van der Waals surface area contributed by atoms with Gasteiger partial charge in [0.15, 0.2) is 0 Å². The zero-order chi connectivity index (χ0) is 22.3. The van der Waals surface area contributed by atoms with Crippen LogP contribution in [0.2, 0.25) is 0 Å². The van der Waals surface area contributed by atoms with Crippen molar-refractivity contribution >= 4 is 23.8 Å². The number of fused-ring (bicyclic) bond motifs is 1. The van der Waals surface area contributed by atoms with Crippen molar-refractivity contribution < 1.29 is 19.2 Å². The molecule has 0 saturated carbocycles. The number of amides is 5. The molecule has 5 amide bonds. The van der Waals surface area contributed by atoms with Crippen LogP contribution in [0.4, 0.5) is 4.79 Å². The number of carbonyl (C=O) groups is 4. The maximum Gasteiger partial charge on any atom is 0.312 e. The summed E-state index contributed by atoms with van der Waals surface area (Å²) in [6, 6.07) is 5.22. The van der Waals surface area contributed by atoms with Crippen molar-refractivity contribution in [3.05, 3.63) is 64.0 Å². The fraction of sp³-hybridized carbons (Fsp3) is 0.318. The summed E-state index contributed by atoms with van der Waals surface area (Å²) in [6.07, 6.45) is 2.24. The lowest BCUT2D eigenvalue weighted by atomic mass is 9.97. The van der Waals surface area contributed by atoms with Crippen LogP contribution in [0.1, 0.15) is 57.2 Å². The van der Waals surface area contributed by atoms with E-state index < -0.39 is 24.0 Å². The summed E-state index contributed by atoms with van der Waals surface area (Å²) in [5, 5.41) is 5.02. The van der Waals surface area contributed by atoms with Gasteiger partial charge in [-0.05, 0) is 54.7 Å². The molecule has 1 aromatic heterocycles. The van der Waals surface area contributed by atoms with E-state index in [0.717, 1.165) is 22.3 Å². The Morgan fingerprint density at radius 2 is 2.00 bits per heavy atom. The fourth-order valence-corrected chi connectivity index (χ4v) is 4.05. The first-order valence-electron chi connectivity index (χ1n) is 10.0. The Hall–Kier alpha value is -3.75. The maximum atomic E-state index is 12.9. The summed E-state index contributed by atoms with van der Waals surface area (Å²) in [6.45, 7) is 4.16. The van der Waals surface area contributed by atoms with E-state index in [0.29, 0.717) is 17.7 Å². The number of primary amides is 1. The number of pyridine rings is 1. The van der Waals surface area contributed by atoms with Crippen molar-refractivity contribution in [3.63, 3.8) is 0 Å². The molecule has 9 nitrogen and oxygen atoms in total. The van der Waals surface area contributed by atoms with E-state index in [2.05, 4.69) is 15.6 Å². The van der Waals surface area contributed by atoms with Crippen LogP contribution in [-0.4, -0.2) is 39.7 Å². The van der Waals surface area contributed by atoms with Gasteiger partial charge in [-0.15, -0.1) is 0 Å². The second-order valence-electron chi connectivity index (χ2n) is 7.95. The maximum absolute atomic E-state index is 12.9. The number of imide groups is 1. The molecule has 1 aromatic carbocycles. The van der Waals surface area contributed by atoms with Crippen LogP contribution in [0.15, 0.2) is 30.5 Å². The smallest absolute Gasteiger partial charge is 0.312 e. The number of hydrogen-bond acceptors (Lipinski definition) is 5. The lowest BCUT2D eigenvalue weighted by molar-refractivity contribution is -0.136. The summed E-state index contributed by atoms with van der Waals surface area (Å²) in [7, 11) is 0. The number of aryl methyl sites for hydroxylation is 2. The van der Waals surface area contributed by atoms with E-state index in [-0.39, 0.29) is 24.8 Å². The van der Waals surface area contributed by atoms with Crippen LogP contribution in [0, 0.1) is 13.8 Å². The highest BCUT2D eigenvalue weighted by Gasteiger charge is 2.39. The average Bonchev–Trinajstić information content (AvgIpc) is 3.04. The average molecular weight is 421 g/mol. The number of rotatable bonds is 4. The summed E-state index contributed by atoms with van der Waals surface area (Å²) in [4.78, 5) is 54.2. The summed E-state index contributed by atoms with van der Waals surface area (Å²) < 4.78 is 0. The number of urea groups is 1. The normalized spacial score (nSPS) is 19.1. The van der Waals surface area contributed by atoms with Crippen LogP contribution >= 0.6 is 0 Å². The Bertz CT molecular complexity index is 1110. The molecule has 9 heteroatoms. The highest BCUT2D eigenvalue weighted by Crippen LogP contribution is 2.31. The van der Waals surface area contributed by atoms with Crippen molar-refractivity contribution in [1.29, 1.82) is 0 Å². The van der Waals surface area contributed by atoms with Crippen LogP contribution < -0.4 is 16.4 Å². The standard InChI is InChI=1S/C22H23N5O4/c1-11-7-16(24-9-12(11)2)19(26-22(23)31)13-3-4-15-14(8-13)10-27(21(15)30)17-5-6-18(28)25-20(17)29/h3-4,7-9,17,19H,5-6,10H2,1-2H3,(H3,23,26,31)(H,25,28,29). The third-order valence-corrected chi connectivity index (χ3v) is 5.86. The molecule has 1 fully saturated rings. The number of hydrogen-bond donors (Lipinski definition) is 3. The van der Waals surface area contributed by atoms with Gasteiger partial charge in [0.2, 0.25) is 11.8 Å². The van der Waals surface area contributed by atoms with Gasteiger partial charge in [-0.25, -0.2) is 4.79 Å². The van der Waals surface area contributed by atoms with E-state index in [1.165, 1.54) is 4.90 Å². The second-order valence-corrected chi connectivity index (χ2v) is 7.95. The summed E-state index contributed by atoms with van der Waals surface area (Å²) in [5.74, 6) is -1.03. The minimum Gasteiger partial charge on any atom is -0.352 e. The van der Waals surface area contributed by atoms with Gasteiger partial charge >= 0.3 is 6.03 Å². The monoisotopic (exact) mass is 421 g/mol. The number of carbonyl (C=O) groups excluding carboxylic acids is 4. The van der Waals surface area contributed by atoms with Gasteiger partial charge < -0.3 is 16.0 Å². The molecule has 0 spiro atoms. The highest BCUT2D eigenvalue weighted by atomic mass is 16.2. The first kappa shape index (κ1) is 20.5. The Morgan fingerprint density at radius 3 is 2.68 bits per heavy atom.